The molecule has 0 bridgehead atoms. The quantitative estimate of drug-likeness (QED) is 0.681. The molecule has 2 rings (SSSR count). The highest BCUT2D eigenvalue weighted by atomic mass is 16.5. The maximum atomic E-state index is 11.8. The second-order valence-electron chi connectivity index (χ2n) is 5.70. The van der Waals surface area contributed by atoms with Gasteiger partial charge in [-0.2, -0.15) is 0 Å². The predicted octanol–water partition coefficient (Wildman–Crippen LogP) is 2.46. The lowest BCUT2D eigenvalue weighted by atomic mass is 10.1. The fourth-order valence-corrected chi connectivity index (χ4v) is 2.29. The van der Waals surface area contributed by atoms with E-state index in [1.807, 2.05) is 24.3 Å². The Hall–Kier alpha value is -2.83. The third-order valence-corrected chi connectivity index (χ3v) is 3.62. The van der Waals surface area contributed by atoms with Gasteiger partial charge in [0.05, 0.1) is 13.7 Å². The molecule has 0 aliphatic carbocycles. The normalized spacial score (nSPS) is 10.3. The van der Waals surface area contributed by atoms with Crippen molar-refractivity contribution < 1.29 is 18.8 Å². The van der Waals surface area contributed by atoms with E-state index in [2.05, 4.69) is 15.8 Å². The van der Waals surface area contributed by atoms with Crippen LogP contribution in [0, 0.1) is 6.92 Å². The first-order valence-electron chi connectivity index (χ1n) is 8.19. The summed E-state index contributed by atoms with van der Waals surface area (Å²) in [5.41, 5.74) is 1.21. The molecule has 1 aromatic carbocycles. The number of hydrogen-bond acceptors (Lipinski definition) is 5. The monoisotopic (exact) mass is 345 g/mol. The molecule has 1 heterocycles. The van der Waals surface area contributed by atoms with Crippen molar-refractivity contribution in [2.45, 2.75) is 32.6 Å². The number of carbonyl (C=O) groups excluding carboxylic acids is 2. The Kier molecular flexibility index (Phi) is 7.00. The highest BCUT2D eigenvalue weighted by Crippen LogP contribution is 2.13. The summed E-state index contributed by atoms with van der Waals surface area (Å²) in [4.78, 5) is 23.4. The van der Waals surface area contributed by atoms with Gasteiger partial charge in [-0.15, -0.1) is 0 Å². The van der Waals surface area contributed by atoms with Gasteiger partial charge in [-0.3, -0.25) is 9.59 Å². The van der Waals surface area contributed by atoms with Crippen LogP contribution in [0.5, 0.6) is 5.75 Å². The average molecular weight is 345 g/mol. The van der Waals surface area contributed by atoms with Crippen LogP contribution in [-0.2, 0) is 16.0 Å². The van der Waals surface area contributed by atoms with E-state index in [-0.39, 0.29) is 18.4 Å². The molecule has 0 fully saturated rings. The van der Waals surface area contributed by atoms with Crippen LogP contribution in [0.2, 0.25) is 0 Å². The first-order chi connectivity index (χ1) is 12.1. The van der Waals surface area contributed by atoms with Gasteiger partial charge in [0, 0.05) is 12.5 Å². The summed E-state index contributed by atoms with van der Waals surface area (Å²) >= 11 is 0. The van der Waals surface area contributed by atoms with E-state index in [0.29, 0.717) is 18.0 Å². The Morgan fingerprint density at radius 3 is 2.56 bits per heavy atom. The molecular weight excluding hydrogens is 322 g/mol. The van der Waals surface area contributed by atoms with Gasteiger partial charge in [-0.1, -0.05) is 17.3 Å². The van der Waals surface area contributed by atoms with E-state index in [1.54, 1.807) is 20.1 Å². The zero-order valence-corrected chi connectivity index (χ0v) is 14.5. The maximum absolute atomic E-state index is 11.8. The van der Waals surface area contributed by atoms with Gasteiger partial charge in [-0.25, -0.2) is 0 Å². The molecule has 0 saturated carbocycles. The number of nitrogens with one attached hydrogen (secondary N) is 2. The van der Waals surface area contributed by atoms with Crippen molar-refractivity contribution >= 4 is 17.6 Å². The molecule has 0 spiro atoms. The Bertz CT molecular complexity index is 695. The predicted molar refractivity (Wildman–Crippen MR) is 93.4 cm³/mol. The average Bonchev–Trinajstić information content (AvgIpc) is 3.02. The Morgan fingerprint density at radius 1 is 1.16 bits per heavy atom. The summed E-state index contributed by atoms with van der Waals surface area (Å²) in [6.07, 6.45) is 2.97. The molecule has 0 unspecified atom stereocenters. The van der Waals surface area contributed by atoms with Gasteiger partial charge in [0.25, 0.3) is 0 Å². The Balaban J connectivity index is 1.58. The van der Waals surface area contributed by atoms with Crippen molar-refractivity contribution in [3.05, 3.63) is 41.7 Å². The number of unbranched alkanes of at least 4 members (excludes halogenated alkanes) is 1. The minimum absolute atomic E-state index is 0.0801. The van der Waals surface area contributed by atoms with Gasteiger partial charge >= 0.3 is 0 Å². The molecule has 0 aliphatic rings. The first-order valence-corrected chi connectivity index (χ1v) is 8.19. The standard InChI is InChI=1S/C18H23N3O4/c1-13-11-16(21-25-13)20-18(23)12-19-17(22)6-4-3-5-14-7-9-15(24-2)10-8-14/h7-11H,3-6,12H2,1-2H3,(H,19,22)(H,20,21,23). The zero-order chi connectivity index (χ0) is 18.1. The van der Waals surface area contributed by atoms with Crippen molar-refractivity contribution in [3.63, 3.8) is 0 Å². The minimum Gasteiger partial charge on any atom is -0.497 e. The number of aromatic nitrogens is 1. The molecule has 2 aromatic rings. The molecule has 0 saturated heterocycles. The van der Waals surface area contributed by atoms with Gasteiger partial charge in [0.2, 0.25) is 11.8 Å². The number of benzene rings is 1. The molecule has 7 nitrogen and oxygen atoms in total. The van der Waals surface area contributed by atoms with Crippen molar-refractivity contribution in [3.8, 4) is 5.75 Å². The number of amides is 2. The molecule has 0 radical (unpaired) electrons. The van der Waals surface area contributed by atoms with Crippen LogP contribution in [-0.4, -0.2) is 30.6 Å². The highest BCUT2D eigenvalue weighted by Gasteiger charge is 2.08. The Labute approximate surface area is 146 Å². The van der Waals surface area contributed by atoms with Crippen molar-refractivity contribution in [1.82, 2.24) is 10.5 Å². The number of ether oxygens (including phenoxy) is 1. The molecule has 0 atom stereocenters. The maximum Gasteiger partial charge on any atom is 0.245 e. The second-order valence-corrected chi connectivity index (χ2v) is 5.70. The molecule has 0 aliphatic heterocycles. The number of rotatable bonds is 9. The van der Waals surface area contributed by atoms with Crippen LogP contribution in [0.3, 0.4) is 0 Å². The van der Waals surface area contributed by atoms with E-state index < -0.39 is 0 Å². The van der Waals surface area contributed by atoms with Gasteiger partial charge in [0.15, 0.2) is 5.82 Å². The molecular formula is C18H23N3O4. The smallest absolute Gasteiger partial charge is 0.245 e. The number of carbonyl (C=O) groups is 2. The number of anilines is 1. The number of nitrogens with zero attached hydrogens (tertiary/aromatic N) is 1. The summed E-state index contributed by atoms with van der Waals surface area (Å²) < 4.78 is 9.96. The summed E-state index contributed by atoms with van der Waals surface area (Å²) in [6, 6.07) is 9.51. The molecule has 1 aromatic heterocycles. The van der Waals surface area contributed by atoms with Crippen LogP contribution in [0.15, 0.2) is 34.9 Å². The fourth-order valence-electron chi connectivity index (χ4n) is 2.29. The van der Waals surface area contributed by atoms with Crippen molar-refractivity contribution in [1.29, 1.82) is 0 Å². The lowest BCUT2D eigenvalue weighted by molar-refractivity contribution is -0.124. The van der Waals surface area contributed by atoms with Gasteiger partial charge in [-0.05, 0) is 43.9 Å². The topological polar surface area (TPSA) is 93.5 Å². The molecule has 25 heavy (non-hydrogen) atoms. The van der Waals surface area contributed by atoms with E-state index in [0.717, 1.165) is 25.0 Å². The number of aryl methyl sites for hydroxylation is 2. The molecule has 2 N–H and O–H groups in total. The molecule has 7 heteroatoms. The van der Waals surface area contributed by atoms with Crippen LogP contribution < -0.4 is 15.4 Å². The third-order valence-electron chi connectivity index (χ3n) is 3.62. The zero-order valence-electron chi connectivity index (χ0n) is 14.5. The van der Waals surface area contributed by atoms with Crippen molar-refractivity contribution in [2.75, 3.05) is 19.0 Å². The van der Waals surface area contributed by atoms with Crippen LogP contribution >= 0.6 is 0 Å². The van der Waals surface area contributed by atoms with E-state index in [1.165, 1.54) is 5.56 Å². The molecule has 2 amide bonds. The summed E-state index contributed by atoms with van der Waals surface area (Å²) in [5, 5.41) is 8.80. The van der Waals surface area contributed by atoms with Crippen LogP contribution in [0.25, 0.3) is 0 Å². The SMILES string of the molecule is COc1ccc(CCCCC(=O)NCC(=O)Nc2cc(C)on2)cc1. The van der Waals surface area contributed by atoms with E-state index in [4.69, 9.17) is 9.26 Å². The fraction of sp³-hybridized carbons (Fsp3) is 0.389. The third kappa shape index (κ3) is 6.66. The molecule has 134 valence electrons. The van der Waals surface area contributed by atoms with Gasteiger partial charge < -0.3 is 19.9 Å². The number of hydrogen-bond donors (Lipinski definition) is 2. The van der Waals surface area contributed by atoms with Crippen molar-refractivity contribution in [2.24, 2.45) is 0 Å². The summed E-state index contributed by atoms with van der Waals surface area (Å²) in [5.74, 6) is 1.32. The summed E-state index contributed by atoms with van der Waals surface area (Å²) in [6.45, 7) is 1.65. The van der Waals surface area contributed by atoms with Crippen LogP contribution in [0.4, 0.5) is 5.82 Å². The minimum atomic E-state index is -0.333. The Morgan fingerprint density at radius 2 is 1.92 bits per heavy atom. The highest BCUT2D eigenvalue weighted by molar-refractivity contribution is 5.93. The van der Waals surface area contributed by atoms with Crippen LogP contribution in [0.1, 0.15) is 30.6 Å². The summed E-state index contributed by atoms with van der Waals surface area (Å²) in [7, 11) is 1.64. The number of methoxy groups -OCH3 is 1. The lowest BCUT2D eigenvalue weighted by Crippen LogP contribution is -2.32. The van der Waals surface area contributed by atoms with Gasteiger partial charge in [0.1, 0.15) is 11.5 Å². The first kappa shape index (κ1) is 18.5. The van der Waals surface area contributed by atoms with E-state index in [9.17, 15) is 9.59 Å². The largest absolute Gasteiger partial charge is 0.497 e. The lowest BCUT2D eigenvalue weighted by Gasteiger charge is -2.06. The second kappa shape index (κ2) is 9.46. The van der Waals surface area contributed by atoms with E-state index >= 15 is 0 Å².